The van der Waals surface area contributed by atoms with Crippen LogP contribution in [0.3, 0.4) is 0 Å². The van der Waals surface area contributed by atoms with E-state index >= 15 is 0 Å². The minimum atomic E-state index is -0.701. The van der Waals surface area contributed by atoms with Crippen molar-refractivity contribution in [1.29, 1.82) is 0 Å². The van der Waals surface area contributed by atoms with E-state index in [9.17, 15) is 14.3 Å². The number of amides is 1. The maximum atomic E-state index is 14.8. The number of rotatable bonds is 4. The van der Waals surface area contributed by atoms with E-state index in [2.05, 4.69) is 0 Å². The monoisotopic (exact) mass is 387 g/mol. The van der Waals surface area contributed by atoms with Crippen molar-refractivity contribution >= 4 is 11.5 Å². The molecule has 1 aliphatic heterocycles. The van der Waals surface area contributed by atoms with Crippen LogP contribution < -0.4 is 0 Å². The van der Waals surface area contributed by atoms with Crippen molar-refractivity contribution in [1.82, 2.24) is 4.90 Å². The smallest absolute Gasteiger partial charge is 0.290 e. The topological polar surface area (TPSA) is 40.5 Å². The molecule has 1 amide bonds. The highest BCUT2D eigenvalue weighted by Gasteiger charge is 2.42. The molecule has 146 valence electrons. The second kappa shape index (κ2) is 7.55. The van der Waals surface area contributed by atoms with Crippen LogP contribution in [-0.4, -0.2) is 15.9 Å². The van der Waals surface area contributed by atoms with E-state index < -0.39 is 17.8 Å². The van der Waals surface area contributed by atoms with Gasteiger partial charge in [0.2, 0.25) is 0 Å². The van der Waals surface area contributed by atoms with Crippen molar-refractivity contribution < 1.29 is 14.3 Å². The molecule has 29 heavy (non-hydrogen) atoms. The third-order valence-electron chi connectivity index (χ3n) is 5.34. The summed E-state index contributed by atoms with van der Waals surface area (Å²) >= 11 is 0. The first-order chi connectivity index (χ1) is 14.0. The Morgan fingerprint density at radius 3 is 2.10 bits per heavy atom. The molecule has 1 heterocycles. The molecule has 0 unspecified atom stereocenters. The maximum Gasteiger partial charge on any atom is 0.290 e. The van der Waals surface area contributed by atoms with Crippen molar-refractivity contribution in [2.75, 3.05) is 0 Å². The molecule has 0 saturated carbocycles. The SMILES string of the molecule is Cc1ccc(CN2C(=O)C(O)=C(c3ccc(C)cc3)[C@@H]2c2ccccc2F)cc1. The molecular weight excluding hydrogens is 365 g/mol. The minimum Gasteiger partial charge on any atom is -0.503 e. The van der Waals surface area contributed by atoms with Crippen LogP contribution in [0.15, 0.2) is 78.6 Å². The Bertz CT molecular complexity index is 1080. The van der Waals surface area contributed by atoms with Crippen LogP contribution in [0, 0.1) is 19.7 Å². The number of carbonyl (C=O) groups excluding carboxylic acids is 1. The van der Waals surface area contributed by atoms with Crippen molar-refractivity contribution in [2.45, 2.75) is 26.4 Å². The molecule has 3 aromatic rings. The highest BCUT2D eigenvalue weighted by molar-refractivity contribution is 6.05. The molecule has 4 rings (SSSR count). The highest BCUT2D eigenvalue weighted by Crippen LogP contribution is 2.44. The van der Waals surface area contributed by atoms with Gasteiger partial charge in [0.25, 0.3) is 5.91 Å². The van der Waals surface area contributed by atoms with E-state index in [0.717, 1.165) is 16.7 Å². The number of carbonyl (C=O) groups is 1. The maximum absolute atomic E-state index is 14.8. The van der Waals surface area contributed by atoms with Gasteiger partial charge in [-0.25, -0.2) is 4.39 Å². The van der Waals surface area contributed by atoms with Gasteiger partial charge in [-0.05, 0) is 31.0 Å². The molecular formula is C25H22FNO2. The molecule has 0 fully saturated rings. The van der Waals surface area contributed by atoms with Crippen molar-refractivity contribution in [2.24, 2.45) is 0 Å². The van der Waals surface area contributed by atoms with Gasteiger partial charge in [0, 0.05) is 17.7 Å². The van der Waals surface area contributed by atoms with E-state index in [1.54, 1.807) is 18.2 Å². The van der Waals surface area contributed by atoms with E-state index in [1.807, 2.05) is 62.4 Å². The van der Waals surface area contributed by atoms with Gasteiger partial charge < -0.3 is 10.0 Å². The summed E-state index contributed by atoms with van der Waals surface area (Å²) < 4.78 is 14.8. The number of halogens is 1. The number of aryl methyl sites for hydroxylation is 2. The minimum absolute atomic E-state index is 0.275. The molecule has 3 aromatic carbocycles. The Morgan fingerprint density at radius 1 is 0.897 bits per heavy atom. The Kier molecular flexibility index (Phi) is 4.93. The third kappa shape index (κ3) is 3.54. The number of aliphatic hydroxyl groups excluding tert-OH is 1. The Hall–Kier alpha value is -3.40. The van der Waals surface area contributed by atoms with Gasteiger partial charge in [-0.15, -0.1) is 0 Å². The van der Waals surface area contributed by atoms with Gasteiger partial charge in [0.1, 0.15) is 5.82 Å². The van der Waals surface area contributed by atoms with Gasteiger partial charge >= 0.3 is 0 Å². The van der Waals surface area contributed by atoms with Crippen molar-refractivity contribution in [3.63, 3.8) is 0 Å². The summed E-state index contributed by atoms with van der Waals surface area (Å²) in [6, 6.07) is 21.1. The molecule has 1 aliphatic rings. The molecule has 0 radical (unpaired) electrons. The average molecular weight is 387 g/mol. The van der Waals surface area contributed by atoms with Crippen LogP contribution in [-0.2, 0) is 11.3 Å². The summed E-state index contributed by atoms with van der Waals surface area (Å²) in [5.74, 6) is -1.22. The zero-order valence-electron chi connectivity index (χ0n) is 16.4. The Morgan fingerprint density at radius 2 is 1.48 bits per heavy atom. The van der Waals surface area contributed by atoms with Gasteiger partial charge in [0.15, 0.2) is 5.76 Å². The molecule has 0 aliphatic carbocycles. The third-order valence-corrected chi connectivity index (χ3v) is 5.34. The second-order valence-electron chi connectivity index (χ2n) is 7.47. The largest absolute Gasteiger partial charge is 0.503 e. The van der Waals surface area contributed by atoms with Crippen LogP contribution in [0.25, 0.3) is 5.57 Å². The standard InChI is InChI=1S/C25H22FNO2/c1-16-7-11-18(12-8-16)15-27-23(20-5-3-4-6-21(20)26)22(24(28)25(27)29)19-13-9-17(2)10-14-19/h3-14,23,28H,15H2,1-2H3/t23-/m0/s1. The van der Waals surface area contributed by atoms with Gasteiger partial charge in [-0.2, -0.15) is 0 Å². The molecule has 0 aromatic heterocycles. The van der Waals surface area contributed by atoms with Gasteiger partial charge in [-0.3, -0.25) is 4.79 Å². The predicted octanol–water partition coefficient (Wildman–Crippen LogP) is 5.50. The molecule has 1 atom stereocenters. The quantitative estimate of drug-likeness (QED) is 0.643. The second-order valence-corrected chi connectivity index (χ2v) is 7.47. The summed E-state index contributed by atoms with van der Waals surface area (Å²) in [6.45, 7) is 4.24. The van der Waals surface area contributed by atoms with Gasteiger partial charge in [0.05, 0.1) is 6.04 Å². The lowest BCUT2D eigenvalue weighted by Gasteiger charge is -2.28. The number of hydrogen-bond donors (Lipinski definition) is 1. The lowest BCUT2D eigenvalue weighted by atomic mass is 9.92. The summed E-state index contributed by atoms with van der Waals surface area (Å²) in [6.07, 6.45) is 0. The molecule has 0 saturated heterocycles. The fraction of sp³-hybridized carbons (Fsp3) is 0.160. The van der Waals surface area contributed by atoms with E-state index in [1.165, 1.54) is 11.0 Å². The Balaban J connectivity index is 1.83. The van der Waals surface area contributed by atoms with Crippen LogP contribution in [0.2, 0.25) is 0 Å². The van der Waals surface area contributed by atoms with Crippen LogP contribution in [0.4, 0.5) is 4.39 Å². The predicted molar refractivity (Wildman–Crippen MR) is 112 cm³/mol. The molecule has 0 spiro atoms. The van der Waals surface area contributed by atoms with Crippen molar-refractivity contribution in [3.05, 3.63) is 112 Å². The average Bonchev–Trinajstić information content (AvgIpc) is 2.95. The van der Waals surface area contributed by atoms with Gasteiger partial charge in [-0.1, -0.05) is 77.9 Å². The highest BCUT2D eigenvalue weighted by atomic mass is 19.1. The number of aliphatic hydroxyl groups is 1. The number of benzene rings is 3. The molecule has 1 N–H and O–H groups in total. The number of nitrogens with zero attached hydrogens (tertiary/aromatic N) is 1. The first-order valence-corrected chi connectivity index (χ1v) is 9.57. The summed E-state index contributed by atoms with van der Waals surface area (Å²) in [5, 5.41) is 10.8. The first-order valence-electron chi connectivity index (χ1n) is 9.57. The first kappa shape index (κ1) is 18.9. The fourth-order valence-electron chi connectivity index (χ4n) is 3.76. The summed E-state index contributed by atoms with van der Waals surface area (Å²) in [5.41, 5.74) is 4.62. The fourth-order valence-corrected chi connectivity index (χ4v) is 3.76. The summed E-state index contributed by atoms with van der Waals surface area (Å²) in [4.78, 5) is 14.6. The van der Waals surface area contributed by atoms with Crippen LogP contribution in [0.1, 0.15) is 33.9 Å². The lowest BCUT2D eigenvalue weighted by molar-refractivity contribution is -0.130. The zero-order chi connectivity index (χ0) is 20.5. The Labute approximate surface area is 169 Å². The van der Waals surface area contributed by atoms with Crippen LogP contribution >= 0.6 is 0 Å². The molecule has 3 nitrogen and oxygen atoms in total. The van der Waals surface area contributed by atoms with E-state index in [0.29, 0.717) is 16.7 Å². The zero-order valence-corrected chi connectivity index (χ0v) is 16.4. The normalized spacial score (nSPS) is 16.6. The van der Waals surface area contributed by atoms with E-state index in [4.69, 9.17) is 0 Å². The van der Waals surface area contributed by atoms with E-state index in [-0.39, 0.29) is 12.3 Å². The summed E-state index contributed by atoms with van der Waals surface area (Å²) in [7, 11) is 0. The molecule has 0 bridgehead atoms. The van der Waals surface area contributed by atoms with Crippen LogP contribution in [0.5, 0.6) is 0 Å². The number of hydrogen-bond acceptors (Lipinski definition) is 2. The molecule has 4 heteroatoms. The lowest BCUT2D eigenvalue weighted by Crippen LogP contribution is -2.30. The van der Waals surface area contributed by atoms with Crippen molar-refractivity contribution in [3.8, 4) is 0 Å².